The number of hydrogen-bond acceptors (Lipinski definition) is 8. The van der Waals surface area contributed by atoms with Gasteiger partial charge in [0, 0.05) is 32.1 Å². The average Bonchev–Trinajstić information content (AvgIpc) is 3.53. The maximum Gasteiger partial charge on any atom is 0.312 e. The van der Waals surface area contributed by atoms with Crippen molar-refractivity contribution in [2.75, 3.05) is 19.6 Å². The van der Waals surface area contributed by atoms with Gasteiger partial charge >= 0.3 is 5.97 Å². The molecule has 1 unspecified atom stereocenters. The maximum atomic E-state index is 13.8. The maximum absolute atomic E-state index is 13.8. The number of piperidine rings is 1. The van der Waals surface area contributed by atoms with Gasteiger partial charge in [-0.05, 0) is 88.1 Å². The minimum atomic E-state index is -3.86. The minimum absolute atomic E-state index is 0.0467. The summed E-state index contributed by atoms with van der Waals surface area (Å²) < 4.78 is 43.0. The van der Waals surface area contributed by atoms with E-state index in [9.17, 15) is 23.1 Å². The number of carboxylic acids is 1. The fraction of sp³-hybridized carbons (Fsp3) is 0.579. The fourth-order valence-corrected chi connectivity index (χ4v) is 9.22. The van der Waals surface area contributed by atoms with Crippen LogP contribution in [0.25, 0.3) is 0 Å². The third kappa shape index (κ3) is 8.31. The predicted molar refractivity (Wildman–Crippen MR) is 190 cm³/mol. The van der Waals surface area contributed by atoms with Crippen molar-refractivity contribution in [3.63, 3.8) is 0 Å². The summed E-state index contributed by atoms with van der Waals surface area (Å²) in [6.07, 6.45) is 8.04. The molecule has 6 rings (SSSR count). The van der Waals surface area contributed by atoms with Crippen LogP contribution >= 0.6 is 0 Å². The van der Waals surface area contributed by atoms with E-state index < -0.39 is 27.5 Å². The van der Waals surface area contributed by atoms with Gasteiger partial charge in [0.2, 0.25) is 15.9 Å². The number of aliphatic carboxylic acids is 1. The van der Waals surface area contributed by atoms with Crippen molar-refractivity contribution >= 4 is 21.9 Å². The molecule has 2 aromatic carbocycles. The number of sulfonamides is 1. The fourth-order valence-electron chi connectivity index (χ4n) is 7.61. The van der Waals surface area contributed by atoms with E-state index in [-0.39, 0.29) is 36.6 Å². The Morgan fingerprint density at radius 3 is 2.51 bits per heavy atom. The normalized spacial score (nSPS) is 21.0. The van der Waals surface area contributed by atoms with Crippen LogP contribution in [-0.4, -0.2) is 75.3 Å². The molecule has 1 N–H and O–H groups in total. The van der Waals surface area contributed by atoms with Crippen LogP contribution in [0.3, 0.4) is 0 Å². The van der Waals surface area contributed by atoms with Crippen LogP contribution in [0.4, 0.5) is 0 Å². The van der Waals surface area contributed by atoms with Gasteiger partial charge in [0.05, 0.1) is 30.9 Å². The summed E-state index contributed by atoms with van der Waals surface area (Å²) in [6.45, 7) is 9.54. The molecule has 0 bridgehead atoms. The van der Waals surface area contributed by atoms with E-state index in [1.54, 1.807) is 38.1 Å². The van der Waals surface area contributed by atoms with Gasteiger partial charge in [-0.1, -0.05) is 54.8 Å². The zero-order valence-corrected chi connectivity index (χ0v) is 31.0. The van der Waals surface area contributed by atoms with Crippen molar-refractivity contribution in [1.29, 1.82) is 0 Å². The van der Waals surface area contributed by atoms with Gasteiger partial charge in [0.15, 0.2) is 0 Å². The number of nitrogens with zero attached hydrogens (tertiary/aromatic N) is 5. The van der Waals surface area contributed by atoms with Gasteiger partial charge in [-0.3, -0.25) is 14.3 Å². The lowest BCUT2D eigenvalue weighted by Gasteiger charge is -2.35. The third-order valence-electron chi connectivity index (χ3n) is 10.8. The Morgan fingerprint density at radius 2 is 1.78 bits per heavy atom. The Bertz CT molecular complexity index is 1810. The monoisotopic (exact) mass is 721 g/mol. The number of rotatable bonds is 11. The Balaban J connectivity index is 1.12. The number of aryl methyl sites for hydroxylation is 1. The number of aromatic nitrogens is 3. The van der Waals surface area contributed by atoms with E-state index in [2.05, 4.69) is 15.2 Å². The van der Waals surface area contributed by atoms with Crippen LogP contribution in [0.2, 0.25) is 0 Å². The highest BCUT2D eigenvalue weighted by molar-refractivity contribution is 7.89. The van der Waals surface area contributed by atoms with Gasteiger partial charge in [0.1, 0.15) is 22.4 Å². The predicted octanol–water partition coefficient (Wildman–Crippen LogP) is 5.75. The number of para-hydroxylation sites is 1. The smallest absolute Gasteiger partial charge is 0.312 e. The Hall–Kier alpha value is -3.81. The zero-order chi connectivity index (χ0) is 36.3. The van der Waals surface area contributed by atoms with Crippen molar-refractivity contribution < 1.29 is 32.6 Å². The first-order chi connectivity index (χ1) is 24.3. The summed E-state index contributed by atoms with van der Waals surface area (Å²) in [5.41, 5.74) is 1.51. The van der Waals surface area contributed by atoms with Gasteiger partial charge in [-0.25, -0.2) is 8.42 Å². The SMILES string of the molecule is Cc1ccc(C(OCc2cn(CC3CCN(C(=O)C4CCCCC4)CC3)nn2)C(C)(C)C(=O)O)cc1CN1C[C@@H](C)Oc2ccccc2S1(=O)=O. The van der Waals surface area contributed by atoms with Crippen molar-refractivity contribution in [3.8, 4) is 5.75 Å². The Kier molecular flexibility index (Phi) is 11.2. The van der Waals surface area contributed by atoms with Crippen LogP contribution in [0, 0.1) is 24.2 Å². The Labute approximate surface area is 301 Å². The molecule has 3 heterocycles. The average molecular weight is 722 g/mol. The van der Waals surface area contributed by atoms with Gasteiger partial charge < -0.3 is 19.5 Å². The molecule has 1 amide bonds. The van der Waals surface area contributed by atoms with E-state index in [1.165, 1.54) is 10.7 Å². The molecule has 2 fully saturated rings. The number of fused-ring (bicyclic) bond motifs is 1. The summed E-state index contributed by atoms with van der Waals surface area (Å²) in [6, 6.07) is 12.2. The molecule has 1 aromatic heterocycles. The summed E-state index contributed by atoms with van der Waals surface area (Å²) >= 11 is 0. The molecule has 0 radical (unpaired) electrons. The molecule has 3 aliphatic rings. The first-order valence-electron chi connectivity index (χ1n) is 18.2. The number of hydrogen-bond donors (Lipinski definition) is 1. The highest BCUT2D eigenvalue weighted by Gasteiger charge is 2.40. The minimum Gasteiger partial charge on any atom is -0.488 e. The third-order valence-corrected chi connectivity index (χ3v) is 12.6. The van der Waals surface area contributed by atoms with Crippen molar-refractivity contribution in [3.05, 3.63) is 71.0 Å². The molecule has 276 valence electrons. The van der Waals surface area contributed by atoms with E-state index in [0.29, 0.717) is 35.4 Å². The number of benzene rings is 2. The molecule has 12 nitrogen and oxygen atoms in total. The van der Waals surface area contributed by atoms with Crippen molar-refractivity contribution in [1.82, 2.24) is 24.2 Å². The molecule has 1 saturated heterocycles. The largest absolute Gasteiger partial charge is 0.488 e. The zero-order valence-electron chi connectivity index (χ0n) is 30.2. The van der Waals surface area contributed by atoms with E-state index in [0.717, 1.165) is 62.7 Å². The molecule has 2 atom stereocenters. The number of amides is 1. The van der Waals surface area contributed by atoms with Crippen LogP contribution in [-0.2, 0) is 44.0 Å². The summed E-state index contributed by atoms with van der Waals surface area (Å²) in [5.74, 6) is 0.219. The molecule has 2 aliphatic heterocycles. The highest BCUT2D eigenvalue weighted by atomic mass is 32.2. The molecule has 3 aromatic rings. The molecule has 1 saturated carbocycles. The quantitative estimate of drug-likeness (QED) is 0.262. The van der Waals surface area contributed by atoms with Crippen LogP contribution in [0.5, 0.6) is 5.75 Å². The molecular formula is C38H51N5O7S. The second-order valence-corrected chi connectivity index (χ2v) is 17.0. The molecule has 51 heavy (non-hydrogen) atoms. The molecule has 13 heteroatoms. The summed E-state index contributed by atoms with van der Waals surface area (Å²) in [7, 11) is -3.86. The van der Waals surface area contributed by atoms with E-state index in [1.807, 2.05) is 42.9 Å². The standard InChI is InChI=1S/C38H51N5O7S/c1-26-14-15-30(20-31(26)23-43-21-27(2)50-33-12-8-9-13-34(33)51(43,47)48)35(38(3,4)37(45)46)49-25-32-24-42(40-39-32)22-28-16-18-41(19-17-28)36(44)29-10-6-5-7-11-29/h8-9,12-15,20,24,27-29,35H,5-7,10-11,16-19,21-23,25H2,1-4H3,(H,45,46)/t27-,35?/m1/s1. The second-order valence-electron chi connectivity index (χ2n) is 15.1. The van der Waals surface area contributed by atoms with E-state index in [4.69, 9.17) is 9.47 Å². The lowest BCUT2D eigenvalue weighted by Crippen LogP contribution is -2.42. The van der Waals surface area contributed by atoms with Crippen molar-refractivity contribution in [2.45, 2.75) is 109 Å². The van der Waals surface area contributed by atoms with Gasteiger partial charge in [-0.2, -0.15) is 4.31 Å². The first-order valence-corrected chi connectivity index (χ1v) is 19.6. The number of ether oxygens (including phenoxy) is 2. The first kappa shape index (κ1) is 37.0. The number of carbonyl (C=O) groups is 2. The van der Waals surface area contributed by atoms with E-state index >= 15 is 0 Å². The van der Waals surface area contributed by atoms with Gasteiger partial charge in [-0.15, -0.1) is 5.10 Å². The molecule has 0 spiro atoms. The summed E-state index contributed by atoms with van der Waals surface area (Å²) in [4.78, 5) is 27.7. The number of carboxylic acid groups (broad SMARTS) is 1. The van der Waals surface area contributed by atoms with Gasteiger partial charge in [0.25, 0.3) is 0 Å². The van der Waals surface area contributed by atoms with Crippen LogP contribution in [0.1, 0.15) is 94.2 Å². The van der Waals surface area contributed by atoms with Crippen LogP contribution < -0.4 is 4.74 Å². The molecular weight excluding hydrogens is 671 g/mol. The topological polar surface area (TPSA) is 144 Å². The second kappa shape index (κ2) is 15.4. The lowest BCUT2D eigenvalue weighted by atomic mass is 9.81. The number of carbonyl (C=O) groups excluding carboxylic acids is 1. The Morgan fingerprint density at radius 1 is 1.06 bits per heavy atom. The van der Waals surface area contributed by atoms with Crippen molar-refractivity contribution in [2.24, 2.45) is 17.3 Å². The lowest BCUT2D eigenvalue weighted by molar-refractivity contribution is -0.158. The molecule has 1 aliphatic carbocycles. The summed E-state index contributed by atoms with van der Waals surface area (Å²) in [5, 5.41) is 18.9. The number of likely N-dealkylation sites (tertiary alicyclic amines) is 1. The highest BCUT2D eigenvalue weighted by Crippen LogP contribution is 2.39. The van der Waals surface area contributed by atoms with Crippen LogP contribution in [0.15, 0.2) is 53.6 Å².